The molecule has 2 rings (SSSR count). The molecule has 2 aromatic rings. The predicted molar refractivity (Wildman–Crippen MR) is 63.1 cm³/mol. The maximum Gasteiger partial charge on any atom is 0.0958 e. The van der Waals surface area contributed by atoms with Gasteiger partial charge < -0.3 is 5.21 Å². The maximum atomic E-state index is 8.36. The average Bonchev–Trinajstić information content (AvgIpc) is 2.76. The fraction of sp³-hybridized carbons (Fsp3) is 0.182. The first-order valence-corrected chi connectivity index (χ1v) is 5.77. The van der Waals surface area contributed by atoms with Crippen LogP contribution in [0.3, 0.4) is 0 Å². The van der Waals surface area contributed by atoms with E-state index in [1.54, 1.807) is 17.5 Å². The van der Waals surface area contributed by atoms with Gasteiger partial charge in [-0.2, -0.15) is 0 Å². The number of oxime groups is 1. The summed E-state index contributed by atoms with van der Waals surface area (Å²) in [6.45, 7) is 0. The molecular formula is C11H11N3OS. The molecule has 0 aliphatic rings. The lowest BCUT2D eigenvalue weighted by molar-refractivity contribution is 0.321. The van der Waals surface area contributed by atoms with Gasteiger partial charge in [-0.05, 0) is 18.1 Å². The van der Waals surface area contributed by atoms with Gasteiger partial charge in [0.1, 0.15) is 0 Å². The Morgan fingerprint density at radius 3 is 3.12 bits per heavy atom. The highest BCUT2D eigenvalue weighted by Crippen LogP contribution is 2.11. The molecule has 0 radical (unpaired) electrons. The first kappa shape index (κ1) is 10.8. The Hall–Kier alpha value is -1.75. The Labute approximate surface area is 97.3 Å². The summed E-state index contributed by atoms with van der Waals surface area (Å²) in [7, 11) is 0. The summed E-state index contributed by atoms with van der Waals surface area (Å²) in [6, 6.07) is 3.98. The van der Waals surface area contributed by atoms with Crippen LogP contribution in [0.25, 0.3) is 0 Å². The third kappa shape index (κ3) is 2.87. The Bertz CT molecular complexity index is 467. The lowest BCUT2D eigenvalue weighted by atomic mass is 10.2. The molecule has 2 aromatic heterocycles. The topological polar surface area (TPSA) is 58.4 Å². The van der Waals surface area contributed by atoms with Crippen LogP contribution in [-0.2, 0) is 12.8 Å². The summed E-state index contributed by atoms with van der Waals surface area (Å²) in [5, 5.41) is 14.2. The van der Waals surface area contributed by atoms with E-state index in [0.717, 1.165) is 17.8 Å². The largest absolute Gasteiger partial charge is 0.411 e. The van der Waals surface area contributed by atoms with Crippen LogP contribution in [0.5, 0.6) is 0 Å². The molecule has 0 aromatic carbocycles. The fourth-order valence-electron chi connectivity index (χ4n) is 1.36. The van der Waals surface area contributed by atoms with E-state index < -0.39 is 0 Å². The first-order chi connectivity index (χ1) is 7.88. The summed E-state index contributed by atoms with van der Waals surface area (Å²) in [4.78, 5) is 8.36. The van der Waals surface area contributed by atoms with Crippen LogP contribution in [-0.4, -0.2) is 21.4 Å². The van der Waals surface area contributed by atoms with Crippen molar-refractivity contribution in [1.29, 1.82) is 0 Å². The molecule has 0 amide bonds. The summed E-state index contributed by atoms with van der Waals surface area (Å²) < 4.78 is 0. The molecule has 0 saturated heterocycles. The number of thiazole rings is 1. The van der Waals surface area contributed by atoms with E-state index in [2.05, 4.69) is 21.2 Å². The normalized spacial score (nSPS) is 11.0. The summed E-state index contributed by atoms with van der Waals surface area (Å²) in [5.41, 5.74) is 1.91. The third-order valence-corrected chi connectivity index (χ3v) is 3.04. The molecule has 82 valence electrons. The number of pyridine rings is 1. The van der Waals surface area contributed by atoms with Gasteiger partial charge >= 0.3 is 0 Å². The number of aryl methyl sites for hydroxylation is 2. The van der Waals surface area contributed by atoms with E-state index in [4.69, 9.17) is 5.21 Å². The lowest BCUT2D eigenvalue weighted by Gasteiger charge is -1.96. The minimum atomic E-state index is 0.702. The highest BCUT2D eigenvalue weighted by atomic mass is 32.1. The van der Waals surface area contributed by atoms with E-state index in [1.807, 2.05) is 17.6 Å². The van der Waals surface area contributed by atoms with Gasteiger partial charge in [-0.1, -0.05) is 11.2 Å². The number of rotatable bonds is 4. The smallest absolute Gasteiger partial charge is 0.0958 e. The molecule has 4 nitrogen and oxygen atoms in total. The van der Waals surface area contributed by atoms with Gasteiger partial charge in [0.2, 0.25) is 0 Å². The number of hydrogen-bond acceptors (Lipinski definition) is 5. The molecule has 5 heteroatoms. The lowest BCUT2D eigenvalue weighted by Crippen LogP contribution is -1.92. The van der Waals surface area contributed by atoms with Gasteiger partial charge in [-0.3, -0.25) is 4.98 Å². The molecule has 2 heterocycles. The Morgan fingerprint density at radius 2 is 2.38 bits per heavy atom. The highest BCUT2D eigenvalue weighted by Gasteiger charge is 2.01. The molecule has 0 saturated carbocycles. The zero-order chi connectivity index (χ0) is 11.2. The standard InChI is InChI=1S/C11H11N3OS/c15-13-7-10-8-16-11(14-10)4-3-9-2-1-5-12-6-9/h1-2,5-8,15H,3-4H2. The van der Waals surface area contributed by atoms with Gasteiger partial charge in [0.15, 0.2) is 0 Å². The van der Waals surface area contributed by atoms with Gasteiger partial charge in [0, 0.05) is 24.2 Å². The summed E-state index contributed by atoms with van der Waals surface area (Å²) in [5.74, 6) is 0. The Kier molecular flexibility index (Phi) is 3.61. The molecule has 0 unspecified atom stereocenters. The van der Waals surface area contributed by atoms with Crippen molar-refractivity contribution in [2.24, 2.45) is 5.16 Å². The second-order valence-corrected chi connectivity index (χ2v) is 4.21. The molecule has 1 N–H and O–H groups in total. The molecule has 0 aliphatic heterocycles. The van der Waals surface area contributed by atoms with Crippen LogP contribution in [0.4, 0.5) is 0 Å². The zero-order valence-corrected chi connectivity index (χ0v) is 9.39. The number of aromatic nitrogens is 2. The van der Waals surface area contributed by atoms with Crippen molar-refractivity contribution in [3.63, 3.8) is 0 Å². The monoisotopic (exact) mass is 233 g/mol. The molecule has 0 aliphatic carbocycles. The van der Waals surface area contributed by atoms with Gasteiger partial charge in [0.05, 0.1) is 16.9 Å². The van der Waals surface area contributed by atoms with E-state index >= 15 is 0 Å². The second kappa shape index (κ2) is 5.37. The highest BCUT2D eigenvalue weighted by molar-refractivity contribution is 7.09. The Morgan fingerprint density at radius 1 is 1.44 bits per heavy atom. The Balaban J connectivity index is 1.94. The molecule has 16 heavy (non-hydrogen) atoms. The molecule has 0 bridgehead atoms. The van der Waals surface area contributed by atoms with Crippen LogP contribution in [0, 0.1) is 0 Å². The van der Waals surface area contributed by atoms with E-state index in [1.165, 1.54) is 11.8 Å². The minimum absolute atomic E-state index is 0.702. The van der Waals surface area contributed by atoms with Crippen molar-refractivity contribution in [1.82, 2.24) is 9.97 Å². The van der Waals surface area contributed by atoms with Crippen molar-refractivity contribution in [2.75, 3.05) is 0 Å². The summed E-state index contributed by atoms with van der Waals surface area (Å²) in [6.07, 6.45) is 6.78. The van der Waals surface area contributed by atoms with Gasteiger partial charge in [-0.15, -0.1) is 11.3 Å². The predicted octanol–water partition coefficient (Wildman–Crippen LogP) is 2.13. The van der Waals surface area contributed by atoms with Crippen molar-refractivity contribution in [2.45, 2.75) is 12.8 Å². The first-order valence-electron chi connectivity index (χ1n) is 4.89. The van der Waals surface area contributed by atoms with Gasteiger partial charge in [-0.25, -0.2) is 4.98 Å². The van der Waals surface area contributed by atoms with Crippen molar-refractivity contribution in [3.8, 4) is 0 Å². The SMILES string of the molecule is ON=Cc1csc(CCc2cccnc2)n1. The quantitative estimate of drug-likeness (QED) is 0.500. The van der Waals surface area contributed by atoms with Crippen molar-refractivity contribution < 1.29 is 5.21 Å². The van der Waals surface area contributed by atoms with Crippen LogP contribution in [0.15, 0.2) is 35.1 Å². The molecule has 0 fully saturated rings. The molecule has 0 atom stereocenters. The minimum Gasteiger partial charge on any atom is -0.411 e. The van der Waals surface area contributed by atoms with Crippen LogP contribution in [0.2, 0.25) is 0 Å². The summed E-state index contributed by atoms with van der Waals surface area (Å²) >= 11 is 1.57. The van der Waals surface area contributed by atoms with E-state index in [-0.39, 0.29) is 0 Å². The molecular weight excluding hydrogens is 222 g/mol. The number of hydrogen-bond donors (Lipinski definition) is 1. The van der Waals surface area contributed by atoms with E-state index in [9.17, 15) is 0 Å². The van der Waals surface area contributed by atoms with Gasteiger partial charge in [0.25, 0.3) is 0 Å². The van der Waals surface area contributed by atoms with Crippen LogP contribution >= 0.6 is 11.3 Å². The second-order valence-electron chi connectivity index (χ2n) is 3.27. The van der Waals surface area contributed by atoms with Crippen molar-refractivity contribution >= 4 is 17.6 Å². The van der Waals surface area contributed by atoms with E-state index in [0.29, 0.717) is 5.69 Å². The molecule has 0 spiro atoms. The average molecular weight is 233 g/mol. The zero-order valence-electron chi connectivity index (χ0n) is 8.58. The third-order valence-electron chi connectivity index (χ3n) is 2.11. The maximum absolute atomic E-state index is 8.36. The van der Waals surface area contributed by atoms with Crippen molar-refractivity contribution in [3.05, 3.63) is 46.2 Å². The fourth-order valence-corrected chi connectivity index (χ4v) is 2.10. The van der Waals surface area contributed by atoms with Crippen LogP contribution < -0.4 is 0 Å². The van der Waals surface area contributed by atoms with Crippen LogP contribution in [0.1, 0.15) is 16.3 Å². The number of nitrogens with zero attached hydrogens (tertiary/aromatic N) is 3.